The summed E-state index contributed by atoms with van der Waals surface area (Å²) in [5.41, 5.74) is 0.689. The van der Waals surface area contributed by atoms with Gasteiger partial charge >= 0.3 is 12.1 Å². The molecule has 0 N–H and O–H groups in total. The molecule has 1 aliphatic carbocycles. The molecule has 0 spiro atoms. The predicted octanol–water partition coefficient (Wildman–Crippen LogP) is 4.77. The van der Waals surface area contributed by atoms with Crippen LogP contribution in [0.25, 0.3) is 0 Å². The van der Waals surface area contributed by atoms with Gasteiger partial charge in [0.1, 0.15) is 11.4 Å². The average molecular weight is 418 g/mol. The second-order valence-electron chi connectivity index (χ2n) is 9.52. The first kappa shape index (κ1) is 22.4. The lowest BCUT2D eigenvalue weighted by Crippen LogP contribution is -2.42. The fourth-order valence-electron chi connectivity index (χ4n) is 3.98. The van der Waals surface area contributed by atoms with Crippen LogP contribution in [0.1, 0.15) is 64.4 Å². The van der Waals surface area contributed by atoms with Gasteiger partial charge in [-0.2, -0.15) is 0 Å². The second kappa shape index (κ2) is 9.71. The highest BCUT2D eigenvalue weighted by atomic mass is 16.6. The zero-order valence-electron chi connectivity index (χ0n) is 18.7. The van der Waals surface area contributed by atoms with E-state index in [1.54, 1.807) is 4.90 Å². The van der Waals surface area contributed by atoms with Gasteiger partial charge in [0.15, 0.2) is 0 Å². The van der Waals surface area contributed by atoms with Crippen LogP contribution >= 0.6 is 0 Å². The van der Waals surface area contributed by atoms with Crippen molar-refractivity contribution in [1.82, 2.24) is 4.90 Å². The summed E-state index contributed by atoms with van der Waals surface area (Å²) in [6, 6.07) is 8.13. The van der Waals surface area contributed by atoms with Crippen LogP contribution in [-0.2, 0) is 14.3 Å². The van der Waals surface area contributed by atoms with E-state index in [0.29, 0.717) is 38.0 Å². The third-order valence-electron chi connectivity index (χ3n) is 5.84. The van der Waals surface area contributed by atoms with Crippen molar-refractivity contribution in [1.29, 1.82) is 0 Å². The minimum absolute atomic E-state index is 0.157. The first-order valence-electron chi connectivity index (χ1n) is 11.0. The Morgan fingerprint density at radius 1 is 1.13 bits per heavy atom. The largest absolute Gasteiger partial charge is 0.493 e. The molecule has 1 aromatic rings. The van der Waals surface area contributed by atoms with Gasteiger partial charge in [-0.1, -0.05) is 12.1 Å². The third kappa shape index (κ3) is 6.64. The minimum Gasteiger partial charge on any atom is -0.493 e. The predicted molar refractivity (Wildman–Crippen MR) is 115 cm³/mol. The summed E-state index contributed by atoms with van der Waals surface area (Å²) in [5, 5.41) is 0. The van der Waals surface area contributed by atoms with Crippen LogP contribution in [0.5, 0.6) is 5.75 Å². The van der Waals surface area contributed by atoms with Gasteiger partial charge in [-0.3, -0.25) is 4.79 Å². The number of hydrogen-bond donors (Lipinski definition) is 0. The molecule has 0 radical (unpaired) electrons. The molecule has 1 aromatic carbocycles. The van der Waals surface area contributed by atoms with E-state index in [1.165, 1.54) is 20.0 Å². The van der Waals surface area contributed by atoms with Gasteiger partial charge in [-0.25, -0.2) is 4.79 Å². The molecule has 0 bridgehead atoms. The number of amides is 1. The number of rotatable bonds is 7. The summed E-state index contributed by atoms with van der Waals surface area (Å²) < 4.78 is 16.4. The topological polar surface area (TPSA) is 65.1 Å². The van der Waals surface area contributed by atoms with Crippen molar-refractivity contribution in [2.75, 3.05) is 26.8 Å². The number of piperidine rings is 1. The minimum atomic E-state index is -0.464. The number of nitrogens with zero attached hydrogens (tertiary/aromatic N) is 1. The van der Waals surface area contributed by atoms with E-state index in [1.807, 2.05) is 32.9 Å². The number of carbonyl (C=O) groups is 2. The molecule has 30 heavy (non-hydrogen) atoms. The standard InChI is InChI=1S/C24H35NO5/c1-24(2,3)30-23(27)25-12-10-17(11-13-25)16-29-20-7-5-6-19(14-20)21(18-8-9-18)15-22(26)28-4/h5-7,14,17-18,21H,8-13,15-16H2,1-4H3. The van der Waals surface area contributed by atoms with Crippen LogP contribution in [0, 0.1) is 11.8 Å². The van der Waals surface area contributed by atoms with Gasteiger partial charge in [0.2, 0.25) is 0 Å². The monoisotopic (exact) mass is 417 g/mol. The Balaban J connectivity index is 1.49. The maximum Gasteiger partial charge on any atom is 0.410 e. The maximum absolute atomic E-state index is 12.2. The van der Waals surface area contributed by atoms with E-state index in [9.17, 15) is 9.59 Å². The molecule has 1 heterocycles. The number of ether oxygens (including phenoxy) is 3. The highest BCUT2D eigenvalue weighted by Crippen LogP contribution is 2.45. The van der Waals surface area contributed by atoms with Crippen molar-refractivity contribution in [3.63, 3.8) is 0 Å². The lowest BCUT2D eigenvalue weighted by Gasteiger charge is -2.33. The summed E-state index contributed by atoms with van der Waals surface area (Å²) in [6.45, 7) is 7.70. The van der Waals surface area contributed by atoms with Crippen LogP contribution in [0.2, 0.25) is 0 Å². The molecular weight excluding hydrogens is 382 g/mol. The van der Waals surface area contributed by atoms with Crippen molar-refractivity contribution >= 4 is 12.1 Å². The second-order valence-corrected chi connectivity index (χ2v) is 9.52. The van der Waals surface area contributed by atoms with Crippen molar-refractivity contribution in [3.05, 3.63) is 29.8 Å². The molecule has 6 nitrogen and oxygen atoms in total. The zero-order valence-corrected chi connectivity index (χ0v) is 18.7. The van der Waals surface area contributed by atoms with Gasteiger partial charge < -0.3 is 19.1 Å². The Morgan fingerprint density at radius 2 is 1.83 bits per heavy atom. The van der Waals surface area contributed by atoms with Crippen molar-refractivity contribution < 1.29 is 23.8 Å². The molecule has 1 amide bonds. The Labute approximate surface area is 179 Å². The summed E-state index contributed by atoms with van der Waals surface area (Å²) in [6.07, 6.45) is 4.35. The fraction of sp³-hybridized carbons (Fsp3) is 0.667. The van der Waals surface area contributed by atoms with Crippen molar-refractivity contribution in [2.24, 2.45) is 11.8 Å². The molecule has 3 rings (SSSR count). The van der Waals surface area contributed by atoms with Gasteiger partial charge in [0, 0.05) is 13.1 Å². The Bertz CT molecular complexity index is 729. The van der Waals surface area contributed by atoms with Gasteiger partial charge in [0.05, 0.1) is 20.1 Å². The number of hydrogen-bond acceptors (Lipinski definition) is 5. The number of esters is 1. The molecular formula is C24H35NO5. The Kier molecular flexibility index (Phi) is 7.27. The molecule has 1 atom stereocenters. The maximum atomic E-state index is 12.2. The number of carbonyl (C=O) groups excluding carboxylic acids is 2. The SMILES string of the molecule is COC(=O)CC(c1cccc(OCC2CCN(C(=O)OC(C)(C)C)CC2)c1)C1CC1. The molecule has 1 saturated heterocycles. The molecule has 2 aliphatic rings. The van der Waals surface area contributed by atoms with Gasteiger partial charge in [-0.15, -0.1) is 0 Å². The third-order valence-corrected chi connectivity index (χ3v) is 5.84. The fourth-order valence-corrected chi connectivity index (χ4v) is 3.98. The first-order chi connectivity index (χ1) is 14.2. The number of methoxy groups -OCH3 is 1. The quantitative estimate of drug-likeness (QED) is 0.598. The van der Waals surface area contributed by atoms with Gasteiger partial charge in [-0.05, 0) is 81.9 Å². The molecule has 6 heteroatoms. The van der Waals surface area contributed by atoms with Crippen molar-refractivity contribution in [3.8, 4) is 5.75 Å². The smallest absolute Gasteiger partial charge is 0.410 e. The van der Waals surface area contributed by atoms with Gasteiger partial charge in [0.25, 0.3) is 0 Å². The van der Waals surface area contributed by atoms with Crippen LogP contribution < -0.4 is 4.74 Å². The summed E-state index contributed by atoms with van der Waals surface area (Å²) in [5.74, 6) is 1.88. The zero-order chi connectivity index (χ0) is 21.7. The molecule has 1 aliphatic heterocycles. The highest BCUT2D eigenvalue weighted by molar-refractivity contribution is 5.70. The van der Waals surface area contributed by atoms with Crippen LogP contribution in [0.3, 0.4) is 0 Å². The Hall–Kier alpha value is -2.24. The summed E-state index contributed by atoms with van der Waals surface area (Å²) in [4.78, 5) is 25.8. The number of benzene rings is 1. The average Bonchev–Trinajstić information content (AvgIpc) is 3.54. The molecule has 1 unspecified atom stereocenters. The Morgan fingerprint density at radius 3 is 2.43 bits per heavy atom. The first-order valence-corrected chi connectivity index (χ1v) is 11.0. The van der Waals surface area contributed by atoms with E-state index in [0.717, 1.165) is 24.2 Å². The highest BCUT2D eigenvalue weighted by Gasteiger charge is 2.34. The lowest BCUT2D eigenvalue weighted by atomic mass is 9.91. The molecule has 1 saturated carbocycles. The van der Waals surface area contributed by atoms with Crippen molar-refractivity contribution in [2.45, 2.75) is 64.4 Å². The molecule has 0 aromatic heterocycles. The van der Waals surface area contributed by atoms with Crippen LogP contribution in [0.4, 0.5) is 4.79 Å². The summed E-state index contributed by atoms with van der Waals surface area (Å²) in [7, 11) is 1.44. The number of likely N-dealkylation sites (tertiary alicyclic amines) is 1. The van der Waals surface area contributed by atoms with E-state index in [4.69, 9.17) is 14.2 Å². The normalized spacial score (nSPS) is 18.6. The molecule has 2 fully saturated rings. The molecule has 166 valence electrons. The van der Waals surface area contributed by atoms with Crippen LogP contribution in [-0.4, -0.2) is 49.4 Å². The lowest BCUT2D eigenvalue weighted by molar-refractivity contribution is -0.141. The van der Waals surface area contributed by atoms with E-state index in [2.05, 4.69) is 12.1 Å². The summed E-state index contributed by atoms with van der Waals surface area (Å²) >= 11 is 0. The van der Waals surface area contributed by atoms with Crippen LogP contribution in [0.15, 0.2) is 24.3 Å². The van der Waals surface area contributed by atoms with E-state index in [-0.39, 0.29) is 18.0 Å². The van der Waals surface area contributed by atoms with E-state index >= 15 is 0 Å². The van der Waals surface area contributed by atoms with E-state index < -0.39 is 5.60 Å².